The molecule has 124 valence electrons. The number of benzene rings is 2. The number of fused-ring (bicyclic) bond motifs is 1. The lowest BCUT2D eigenvalue weighted by atomic mass is 10.0. The van der Waals surface area contributed by atoms with Crippen LogP contribution in [0.1, 0.15) is 11.7 Å². The summed E-state index contributed by atoms with van der Waals surface area (Å²) in [6.45, 7) is 1.42. The van der Waals surface area contributed by atoms with E-state index in [0.29, 0.717) is 13.1 Å². The molecular weight excluding hydrogens is 302 g/mol. The Bertz CT molecular complexity index is 799. The van der Waals surface area contributed by atoms with E-state index in [-0.39, 0.29) is 12.6 Å². The molecule has 3 aromatic rings. The van der Waals surface area contributed by atoms with Crippen molar-refractivity contribution in [2.45, 2.75) is 12.6 Å². The first-order valence-electron chi connectivity index (χ1n) is 8.01. The van der Waals surface area contributed by atoms with Gasteiger partial charge in [-0.05, 0) is 34.5 Å². The smallest absolute Gasteiger partial charge is 0.314 e. The third-order valence-corrected chi connectivity index (χ3v) is 3.94. The van der Waals surface area contributed by atoms with Crippen molar-refractivity contribution in [1.82, 2.24) is 15.2 Å². The third kappa shape index (κ3) is 4.14. The zero-order valence-corrected chi connectivity index (χ0v) is 13.4. The summed E-state index contributed by atoms with van der Waals surface area (Å²) < 4.78 is 1.99. The molecule has 1 atom stereocenters. The minimum Gasteiger partial charge on any atom is -0.387 e. The quantitative estimate of drug-likeness (QED) is 0.653. The van der Waals surface area contributed by atoms with Crippen LogP contribution in [0.4, 0.5) is 4.79 Å². The van der Waals surface area contributed by atoms with Crippen molar-refractivity contribution in [2.24, 2.45) is 0 Å². The summed E-state index contributed by atoms with van der Waals surface area (Å²) in [5.74, 6) is 0. The molecule has 3 rings (SSSR count). The van der Waals surface area contributed by atoms with Crippen molar-refractivity contribution in [3.05, 3.63) is 72.6 Å². The Labute approximate surface area is 140 Å². The Balaban J connectivity index is 1.47. The maximum atomic E-state index is 11.8. The summed E-state index contributed by atoms with van der Waals surface area (Å²) in [5, 5.41) is 17.9. The fourth-order valence-corrected chi connectivity index (χ4v) is 2.60. The van der Waals surface area contributed by atoms with Crippen molar-refractivity contribution >= 4 is 16.8 Å². The van der Waals surface area contributed by atoms with Gasteiger partial charge in [0, 0.05) is 32.0 Å². The van der Waals surface area contributed by atoms with Gasteiger partial charge in [-0.2, -0.15) is 0 Å². The molecule has 5 nitrogen and oxygen atoms in total. The number of carbonyl (C=O) groups is 1. The number of aromatic nitrogens is 1. The number of nitrogens with one attached hydrogen (secondary N) is 2. The van der Waals surface area contributed by atoms with E-state index in [1.807, 2.05) is 71.6 Å². The highest BCUT2D eigenvalue weighted by Gasteiger charge is 2.09. The molecule has 0 aliphatic heterocycles. The molecule has 2 amide bonds. The first kappa shape index (κ1) is 16.1. The molecule has 0 saturated heterocycles. The number of hydrogen-bond donors (Lipinski definition) is 3. The van der Waals surface area contributed by atoms with E-state index in [1.165, 1.54) is 0 Å². The van der Waals surface area contributed by atoms with Crippen LogP contribution >= 0.6 is 0 Å². The normalized spacial score (nSPS) is 12.0. The second kappa shape index (κ2) is 7.66. The number of hydrogen-bond acceptors (Lipinski definition) is 2. The van der Waals surface area contributed by atoms with Gasteiger partial charge in [0.05, 0.1) is 6.10 Å². The van der Waals surface area contributed by atoms with Crippen LogP contribution in [0.3, 0.4) is 0 Å². The fraction of sp³-hybridized carbons (Fsp3) is 0.211. The van der Waals surface area contributed by atoms with Crippen LogP contribution in [0, 0.1) is 0 Å². The SMILES string of the molecule is O=C(NCCn1cccc1)NCC(O)c1ccc2ccccc2c1. The second-order valence-corrected chi connectivity index (χ2v) is 5.68. The standard InChI is InChI=1S/C19H21N3O2/c23-18(17-8-7-15-5-1-2-6-16(15)13-17)14-21-19(24)20-9-12-22-10-3-4-11-22/h1-8,10-11,13,18,23H,9,12,14H2,(H2,20,21,24). The van der Waals surface area contributed by atoms with Gasteiger partial charge in [-0.25, -0.2) is 4.79 Å². The monoisotopic (exact) mass is 323 g/mol. The lowest BCUT2D eigenvalue weighted by Crippen LogP contribution is -2.39. The first-order valence-corrected chi connectivity index (χ1v) is 8.01. The molecule has 3 N–H and O–H groups in total. The molecule has 0 aliphatic rings. The number of carbonyl (C=O) groups excluding carboxylic acids is 1. The molecule has 0 bridgehead atoms. The molecule has 0 saturated carbocycles. The summed E-state index contributed by atoms with van der Waals surface area (Å²) in [5.41, 5.74) is 0.793. The van der Waals surface area contributed by atoms with Crippen molar-refractivity contribution in [1.29, 1.82) is 0 Å². The molecule has 0 aliphatic carbocycles. The zero-order valence-electron chi connectivity index (χ0n) is 13.4. The van der Waals surface area contributed by atoms with Gasteiger partial charge in [-0.1, -0.05) is 36.4 Å². The van der Waals surface area contributed by atoms with Gasteiger partial charge in [0.1, 0.15) is 0 Å². The van der Waals surface area contributed by atoms with E-state index in [2.05, 4.69) is 10.6 Å². The van der Waals surface area contributed by atoms with Crippen molar-refractivity contribution in [2.75, 3.05) is 13.1 Å². The van der Waals surface area contributed by atoms with Crippen LogP contribution in [0.25, 0.3) is 10.8 Å². The highest BCUT2D eigenvalue weighted by atomic mass is 16.3. The molecule has 0 radical (unpaired) electrons. The predicted octanol–water partition coefficient (Wildman–Crippen LogP) is 2.67. The van der Waals surface area contributed by atoms with Crippen LogP contribution in [-0.2, 0) is 6.54 Å². The average Bonchev–Trinajstić information content (AvgIpc) is 3.12. The zero-order chi connectivity index (χ0) is 16.8. The van der Waals surface area contributed by atoms with E-state index in [0.717, 1.165) is 16.3 Å². The summed E-state index contributed by atoms with van der Waals surface area (Å²) >= 11 is 0. The number of nitrogens with zero attached hydrogens (tertiary/aromatic N) is 1. The lowest BCUT2D eigenvalue weighted by Gasteiger charge is -2.14. The van der Waals surface area contributed by atoms with Gasteiger partial charge in [-0.3, -0.25) is 0 Å². The van der Waals surface area contributed by atoms with Crippen LogP contribution in [-0.4, -0.2) is 28.8 Å². The van der Waals surface area contributed by atoms with Gasteiger partial charge in [0.25, 0.3) is 0 Å². The second-order valence-electron chi connectivity index (χ2n) is 5.68. The Morgan fingerprint density at radius 2 is 1.75 bits per heavy atom. The Morgan fingerprint density at radius 3 is 2.54 bits per heavy atom. The third-order valence-electron chi connectivity index (χ3n) is 3.94. The highest BCUT2D eigenvalue weighted by Crippen LogP contribution is 2.19. The molecule has 5 heteroatoms. The fourth-order valence-electron chi connectivity index (χ4n) is 2.60. The molecule has 1 aromatic heterocycles. The minimum atomic E-state index is -0.732. The molecule has 1 unspecified atom stereocenters. The molecule has 1 heterocycles. The number of rotatable bonds is 6. The van der Waals surface area contributed by atoms with E-state index in [9.17, 15) is 9.90 Å². The summed E-state index contributed by atoms with van der Waals surface area (Å²) in [6.07, 6.45) is 3.16. The van der Waals surface area contributed by atoms with Crippen LogP contribution in [0.5, 0.6) is 0 Å². The van der Waals surface area contributed by atoms with E-state index < -0.39 is 6.10 Å². The molecule has 2 aromatic carbocycles. The van der Waals surface area contributed by atoms with E-state index >= 15 is 0 Å². The number of aliphatic hydroxyl groups excluding tert-OH is 1. The van der Waals surface area contributed by atoms with Crippen molar-refractivity contribution in [3.63, 3.8) is 0 Å². The summed E-state index contributed by atoms with van der Waals surface area (Å²) in [7, 11) is 0. The topological polar surface area (TPSA) is 66.3 Å². The Hall–Kier alpha value is -2.79. The Morgan fingerprint density at radius 1 is 1.00 bits per heavy atom. The van der Waals surface area contributed by atoms with E-state index in [4.69, 9.17) is 0 Å². The van der Waals surface area contributed by atoms with Gasteiger partial charge in [0.2, 0.25) is 0 Å². The Kier molecular flexibility index (Phi) is 5.13. The predicted molar refractivity (Wildman–Crippen MR) is 94.7 cm³/mol. The van der Waals surface area contributed by atoms with E-state index in [1.54, 1.807) is 0 Å². The van der Waals surface area contributed by atoms with Crippen LogP contribution < -0.4 is 10.6 Å². The summed E-state index contributed by atoms with van der Waals surface area (Å²) in [6, 6.07) is 17.4. The largest absolute Gasteiger partial charge is 0.387 e. The summed E-state index contributed by atoms with van der Waals surface area (Å²) in [4.78, 5) is 11.8. The number of amides is 2. The lowest BCUT2D eigenvalue weighted by molar-refractivity contribution is 0.173. The van der Waals surface area contributed by atoms with Gasteiger partial charge < -0.3 is 20.3 Å². The van der Waals surface area contributed by atoms with Gasteiger partial charge >= 0.3 is 6.03 Å². The first-order chi connectivity index (χ1) is 11.7. The molecule has 0 spiro atoms. The van der Waals surface area contributed by atoms with Crippen LogP contribution in [0.2, 0.25) is 0 Å². The highest BCUT2D eigenvalue weighted by molar-refractivity contribution is 5.83. The number of aliphatic hydroxyl groups is 1. The average molecular weight is 323 g/mol. The molecular formula is C19H21N3O2. The molecule has 0 fully saturated rings. The maximum Gasteiger partial charge on any atom is 0.314 e. The van der Waals surface area contributed by atoms with Crippen molar-refractivity contribution in [3.8, 4) is 0 Å². The van der Waals surface area contributed by atoms with Crippen LogP contribution in [0.15, 0.2) is 67.0 Å². The maximum absolute atomic E-state index is 11.8. The minimum absolute atomic E-state index is 0.174. The number of urea groups is 1. The van der Waals surface area contributed by atoms with Gasteiger partial charge in [0.15, 0.2) is 0 Å². The van der Waals surface area contributed by atoms with Gasteiger partial charge in [-0.15, -0.1) is 0 Å². The van der Waals surface area contributed by atoms with Crippen molar-refractivity contribution < 1.29 is 9.90 Å². The molecule has 24 heavy (non-hydrogen) atoms.